The van der Waals surface area contributed by atoms with Gasteiger partial charge in [-0.25, -0.2) is 0 Å². The lowest BCUT2D eigenvalue weighted by Crippen LogP contribution is -2.33. The van der Waals surface area contributed by atoms with Crippen LogP contribution in [0.4, 0.5) is 11.6 Å². The number of nitrogens with zero attached hydrogens (tertiary/aromatic N) is 4. The van der Waals surface area contributed by atoms with Gasteiger partial charge >= 0.3 is 6.01 Å². The molecule has 1 fully saturated rings. The van der Waals surface area contributed by atoms with Gasteiger partial charge in [0.1, 0.15) is 11.6 Å². The van der Waals surface area contributed by atoms with Gasteiger partial charge in [0.25, 0.3) is 0 Å². The fourth-order valence-corrected chi connectivity index (χ4v) is 4.30. The Morgan fingerprint density at radius 2 is 1.90 bits per heavy atom. The van der Waals surface area contributed by atoms with E-state index in [1.54, 1.807) is 4.90 Å². The molecule has 1 aromatic heterocycles. The Bertz CT molecular complexity index is 673. The first-order chi connectivity index (χ1) is 14.1. The van der Waals surface area contributed by atoms with Crippen molar-refractivity contribution in [3.63, 3.8) is 0 Å². The van der Waals surface area contributed by atoms with Crippen LogP contribution in [0, 0.1) is 5.92 Å². The summed E-state index contributed by atoms with van der Waals surface area (Å²) in [7, 11) is 0. The number of fused-ring (bicyclic) bond motifs is 1. The van der Waals surface area contributed by atoms with Gasteiger partial charge < -0.3 is 15.4 Å². The summed E-state index contributed by atoms with van der Waals surface area (Å²) in [6.45, 7) is 9.31. The smallest absolute Gasteiger partial charge is 0.320 e. The summed E-state index contributed by atoms with van der Waals surface area (Å²) in [4.78, 5) is 25.5. The number of rotatable bonds is 11. The number of hydrogen-bond donors (Lipinski definition) is 1. The normalized spacial score (nSPS) is 17.7. The first-order valence-corrected chi connectivity index (χ1v) is 11.4. The van der Waals surface area contributed by atoms with Crippen molar-refractivity contribution in [2.45, 2.75) is 71.6 Å². The van der Waals surface area contributed by atoms with E-state index >= 15 is 0 Å². The molecule has 7 heteroatoms. The highest BCUT2D eigenvalue weighted by Crippen LogP contribution is 2.32. The van der Waals surface area contributed by atoms with E-state index in [9.17, 15) is 4.79 Å². The van der Waals surface area contributed by atoms with E-state index in [1.165, 1.54) is 45.3 Å². The summed E-state index contributed by atoms with van der Waals surface area (Å²) < 4.78 is 5.62. The van der Waals surface area contributed by atoms with Gasteiger partial charge in [0.05, 0.1) is 13.0 Å². The molecule has 29 heavy (non-hydrogen) atoms. The molecule has 0 bridgehead atoms. The average molecular weight is 404 g/mol. The number of nitrogens with two attached hydrogens (primary N) is 1. The predicted octanol–water partition coefficient (Wildman–Crippen LogP) is 3.42. The zero-order chi connectivity index (χ0) is 20.6. The lowest BCUT2D eigenvalue weighted by atomic mass is 9.91. The number of hydrogen-bond acceptors (Lipinski definition) is 6. The molecule has 7 nitrogen and oxygen atoms in total. The highest BCUT2D eigenvalue weighted by molar-refractivity contribution is 6.01. The third-order valence-corrected chi connectivity index (χ3v) is 6.26. The van der Waals surface area contributed by atoms with Crippen molar-refractivity contribution in [2.24, 2.45) is 5.92 Å². The van der Waals surface area contributed by atoms with Gasteiger partial charge in [-0.15, -0.1) is 0 Å². The van der Waals surface area contributed by atoms with Crippen LogP contribution in [0.1, 0.15) is 70.8 Å². The van der Waals surface area contributed by atoms with E-state index in [1.807, 2.05) is 0 Å². The van der Waals surface area contributed by atoms with E-state index < -0.39 is 0 Å². The molecular weight excluding hydrogens is 366 g/mol. The molecule has 0 aromatic carbocycles. The Labute approximate surface area is 175 Å². The molecule has 0 unspecified atom stereocenters. The molecule has 2 aliphatic rings. The highest BCUT2D eigenvalue weighted by Gasteiger charge is 2.31. The van der Waals surface area contributed by atoms with E-state index in [2.05, 4.69) is 28.7 Å². The van der Waals surface area contributed by atoms with E-state index in [0.717, 1.165) is 37.2 Å². The van der Waals surface area contributed by atoms with Gasteiger partial charge in [-0.05, 0) is 51.2 Å². The standard InChI is InChI=1S/C22H37N5O2/c1-3-5-15-29-22-24-20(23)18-16-19(28)27(21(18)25-22)12-8-6-7-9-17-10-13-26(4-2)14-11-17/h17H,3-16H2,1-2H3,(H2,23,24,25). The molecule has 0 aliphatic carbocycles. The van der Waals surface area contributed by atoms with Gasteiger partial charge in [0.2, 0.25) is 5.91 Å². The minimum absolute atomic E-state index is 0.0682. The minimum Gasteiger partial charge on any atom is -0.463 e. The molecule has 0 radical (unpaired) electrons. The molecular formula is C22H37N5O2. The maximum atomic E-state index is 12.5. The van der Waals surface area contributed by atoms with E-state index in [0.29, 0.717) is 31.2 Å². The van der Waals surface area contributed by atoms with Crippen LogP contribution < -0.4 is 15.4 Å². The molecule has 162 valence electrons. The number of ether oxygens (including phenoxy) is 1. The topological polar surface area (TPSA) is 84.6 Å². The Morgan fingerprint density at radius 1 is 1.10 bits per heavy atom. The highest BCUT2D eigenvalue weighted by atomic mass is 16.5. The van der Waals surface area contributed by atoms with Crippen molar-refractivity contribution in [3.8, 4) is 6.01 Å². The molecule has 0 spiro atoms. The Morgan fingerprint density at radius 3 is 2.62 bits per heavy atom. The molecule has 2 aliphatic heterocycles. The van der Waals surface area contributed by atoms with Crippen LogP contribution >= 0.6 is 0 Å². The first-order valence-electron chi connectivity index (χ1n) is 11.4. The molecule has 0 atom stereocenters. The van der Waals surface area contributed by atoms with Crippen molar-refractivity contribution >= 4 is 17.5 Å². The summed E-state index contributed by atoms with van der Waals surface area (Å²) in [5.41, 5.74) is 6.82. The van der Waals surface area contributed by atoms with Crippen LogP contribution in [0.2, 0.25) is 0 Å². The number of likely N-dealkylation sites (tertiary alicyclic amines) is 1. The Hall–Kier alpha value is -1.89. The molecule has 3 heterocycles. The van der Waals surface area contributed by atoms with Gasteiger partial charge in [-0.2, -0.15) is 9.97 Å². The van der Waals surface area contributed by atoms with Crippen LogP contribution in [0.15, 0.2) is 0 Å². The average Bonchev–Trinajstić information content (AvgIpc) is 3.04. The number of anilines is 2. The fourth-order valence-electron chi connectivity index (χ4n) is 4.30. The zero-order valence-corrected chi connectivity index (χ0v) is 18.2. The third kappa shape index (κ3) is 5.81. The maximum Gasteiger partial charge on any atom is 0.320 e. The second-order valence-corrected chi connectivity index (χ2v) is 8.34. The number of unbranched alkanes of at least 4 members (excludes halogenated alkanes) is 3. The van der Waals surface area contributed by atoms with Crippen molar-refractivity contribution in [1.29, 1.82) is 0 Å². The molecule has 1 saturated heterocycles. The van der Waals surface area contributed by atoms with Crippen LogP contribution in [-0.2, 0) is 11.2 Å². The minimum atomic E-state index is 0.0682. The van der Waals surface area contributed by atoms with Gasteiger partial charge in [0.15, 0.2) is 0 Å². The number of nitrogen functional groups attached to an aromatic ring is 1. The Kier molecular flexibility index (Phi) is 8.09. The SMILES string of the molecule is CCCCOc1nc(N)c2c(n1)N(CCCCCC1CCN(CC)CC1)C(=O)C2. The maximum absolute atomic E-state index is 12.5. The van der Waals surface area contributed by atoms with Gasteiger partial charge in [0, 0.05) is 12.1 Å². The van der Waals surface area contributed by atoms with Crippen molar-refractivity contribution in [3.05, 3.63) is 5.56 Å². The summed E-state index contributed by atoms with van der Waals surface area (Å²) in [5.74, 6) is 1.97. The second-order valence-electron chi connectivity index (χ2n) is 8.34. The summed E-state index contributed by atoms with van der Waals surface area (Å²) in [6.07, 6.45) is 9.65. The zero-order valence-electron chi connectivity index (χ0n) is 18.2. The molecule has 1 amide bonds. The summed E-state index contributed by atoms with van der Waals surface area (Å²) >= 11 is 0. The van der Waals surface area contributed by atoms with Crippen LogP contribution in [0.3, 0.4) is 0 Å². The molecule has 0 saturated carbocycles. The quantitative estimate of drug-likeness (QED) is 0.570. The largest absolute Gasteiger partial charge is 0.463 e. The molecule has 3 rings (SSSR count). The lowest BCUT2D eigenvalue weighted by molar-refractivity contribution is -0.117. The molecule has 1 aromatic rings. The van der Waals surface area contributed by atoms with Crippen molar-refractivity contribution in [2.75, 3.05) is 43.4 Å². The van der Waals surface area contributed by atoms with E-state index in [-0.39, 0.29) is 11.9 Å². The monoisotopic (exact) mass is 403 g/mol. The number of carbonyl (C=O) groups excluding carboxylic acids is 1. The third-order valence-electron chi connectivity index (χ3n) is 6.26. The number of aromatic nitrogens is 2. The van der Waals surface area contributed by atoms with Crippen molar-refractivity contribution < 1.29 is 9.53 Å². The lowest BCUT2D eigenvalue weighted by Gasteiger charge is -2.31. The Balaban J connectivity index is 1.45. The fraction of sp³-hybridized carbons (Fsp3) is 0.773. The predicted molar refractivity (Wildman–Crippen MR) is 116 cm³/mol. The second kappa shape index (κ2) is 10.8. The van der Waals surface area contributed by atoms with Gasteiger partial charge in [-0.3, -0.25) is 9.69 Å². The molecule has 2 N–H and O–H groups in total. The van der Waals surface area contributed by atoms with Crippen molar-refractivity contribution in [1.82, 2.24) is 14.9 Å². The number of piperidine rings is 1. The summed E-state index contributed by atoms with van der Waals surface area (Å²) in [5, 5.41) is 0. The van der Waals surface area contributed by atoms with E-state index in [4.69, 9.17) is 10.5 Å². The summed E-state index contributed by atoms with van der Waals surface area (Å²) in [6, 6.07) is 0.285. The number of carbonyl (C=O) groups is 1. The first kappa shape index (κ1) is 21.8. The van der Waals surface area contributed by atoms with Crippen LogP contribution in [-0.4, -0.2) is 53.6 Å². The van der Waals surface area contributed by atoms with Crippen LogP contribution in [0.25, 0.3) is 0 Å². The van der Waals surface area contributed by atoms with Crippen LogP contribution in [0.5, 0.6) is 6.01 Å². The van der Waals surface area contributed by atoms with Gasteiger partial charge in [-0.1, -0.05) is 39.5 Å². The number of amides is 1.